The van der Waals surface area contributed by atoms with Crippen molar-refractivity contribution in [2.75, 3.05) is 23.3 Å². The second-order valence-corrected chi connectivity index (χ2v) is 5.14. The van der Waals surface area contributed by atoms with Crippen LogP contribution in [-0.2, 0) is 11.2 Å². The Kier molecular flexibility index (Phi) is 3.42. The summed E-state index contributed by atoms with van der Waals surface area (Å²) in [7, 11) is 0. The smallest absolute Gasteiger partial charge is 0.231 e. The molecule has 3 rings (SSSR count). The fraction of sp³-hybridized carbons (Fsp3) is 0.235. The van der Waals surface area contributed by atoms with Crippen molar-refractivity contribution in [2.24, 2.45) is 0 Å². The number of carbonyl (C=O) groups excluding carboxylic acids is 1. The van der Waals surface area contributed by atoms with E-state index in [1.807, 2.05) is 53.4 Å². The third-order valence-corrected chi connectivity index (χ3v) is 3.66. The Bertz CT molecular complexity index is 619. The van der Waals surface area contributed by atoms with Gasteiger partial charge in [0, 0.05) is 24.5 Å². The van der Waals surface area contributed by atoms with E-state index in [1.54, 1.807) is 0 Å². The largest absolute Gasteiger partial charge is 0.383 e. The molecule has 2 aromatic carbocycles. The number of carbonyl (C=O) groups is 1. The molecule has 0 spiro atoms. The van der Waals surface area contributed by atoms with E-state index in [4.69, 9.17) is 0 Å². The van der Waals surface area contributed by atoms with Gasteiger partial charge in [-0.15, -0.1) is 0 Å². The van der Waals surface area contributed by atoms with Gasteiger partial charge in [-0.1, -0.05) is 35.9 Å². The normalized spacial score (nSPS) is 15.1. The van der Waals surface area contributed by atoms with Crippen LogP contribution in [0, 0.1) is 6.92 Å². The first-order valence-corrected chi connectivity index (χ1v) is 6.93. The number of hydrogen-bond acceptors (Lipinski definition) is 2. The molecule has 0 radical (unpaired) electrons. The Morgan fingerprint density at radius 1 is 1.05 bits per heavy atom. The molecule has 0 fully saturated rings. The summed E-state index contributed by atoms with van der Waals surface area (Å²) in [5.74, 6) is 0.155. The number of benzene rings is 2. The van der Waals surface area contributed by atoms with E-state index in [2.05, 4.69) is 12.2 Å². The van der Waals surface area contributed by atoms with Gasteiger partial charge < -0.3 is 10.2 Å². The molecule has 0 atom stereocenters. The first-order valence-electron chi connectivity index (χ1n) is 6.93. The molecule has 0 saturated heterocycles. The quantitative estimate of drug-likeness (QED) is 0.860. The topological polar surface area (TPSA) is 32.3 Å². The predicted molar refractivity (Wildman–Crippen MR) is 82.2 cm³/mol. The Morgan fingerprint density at radius 3 is 2.60 bits per heavy atom. The minimum absolute atomic E-state index is 0.155. The molecule has 1 aliphatic rings. The molecule has 3 nitrogen and oxygen atoms in total. The average Bonchev–Trinajstić information content (AvgIpc) is 2.44. The van der Waals surface area contributed by atoms with Crippen molar-refractivity contribution in [2.45, 2.75) is 13.3 Å². The van der Waals surface area contributed by atoms with Crippen molar-refractivity contribution in [1.82, 2.24) is 0 Å². The van der Waals surface area contributed by atoms with E-state index in [9.17, 15) is 4.79 Å². The molecule has 102 valence electrons. The van der Waals surface area contributed by atoms with Crippen LogP contribution in [0.1, 0.15) is 11.1 Å². The van der Waals surface area contributed by atoms with Gasteiger partial charge in [-0.05, 0) is 30.7 Å². The molecular weight excluding hydrogens is 248 g/mol. The Morgan fingerprint density at radius 2 is 1.80 bits per heavy atom. The van der Waals surface area contributed by atoms with Gasteiger partial charge in [0.1, 0.15) is 0 Å². The van der Waals surface area contributed by atoms with Gasteiger partial charge >= 0.3 is 0 Å². The van der Waals surface area contributed by atoms with Crippen LogP contribution >= 0.6 is 0 Å². The Hall–Kier alpha value is -2.29. The summed E-state index contributed by atoms with van der Waals surface area (Å²) in [6.45, 7) is 3.50. The lowest BCUT2D eigenvalue weighted by Crippen LogP contribution is -2.38. The van der Waals surface area contributed by atoms with Crippen LogP contribution in [0.4, 0.5) is 11.4 Å². The molecule has 2 aromatic rings. The van der Waals surface area contributed by atoms with Gasteiger partial charge in [0.2, 0.25) is 5.91 Å². The standard InChI is InChI=1S/C17H18N2O/c1-13-6-8-15(9-7-13)19-11-10-18-16-5-3-2-4-14(16)12-17(19)20/h2-9,18H,10-12H2,1H3. The van der Waals surface area contributed by atoms with Gasteiger partial charge in [-0.2, -0.15) is 0 Å². The molecule has 0 aromatic heterocycles. The summed E-state index contributed by atoms with van der Waals surface area (Å²) in [4.78, 5) is 14.4. The van der Waals surface area contributed by atoms with E-state index < -0.39 is 0 Å². The summed E-state index contributed by atoms with van der Waals surface area (Å²) in [5, 5.41) is 3.40. The molecule has 1 N–H and O–H groups in total. The number of rotatable bonds is 1. The monoisotopic (exact) mass is 266 g/mol. The minimum atomic E-state index is 0.155. The number of nitrogens with one attached hydrogen (secondary N) is 1. The zero-order chi connectivity index (χ0) is 13.9. The number of nitrogens with zero attached hydrogens (tertiary/aromatic N) is 1. The fourth-order valence-corrected chi connectivity index (χ4v) is 2.53. The molecule has 1 heterocycles. The highest BCUT2D eigenvalue weighted by molar-refractivity contribution is 5.96. The van der Waals surface area contributed by atoms with E-state index >= 15 is 0 Å². The summed E-state index contributed by atoms with van der Waals surface area (Å²) in [5.41, 5.74) is 4.32. The summed E-state index contributed by atoms with van der Waals surface area (Å²) in [6, 6.07) is 16.1. The highest BCUT2D eigenvalue weighted by atomic mass is 16.2. The van der Waals surface area contributed by atoms with Crippen LogP contribution in [0.5, 0.6) is 0 Å². The van der Waals surface area contributed by atoms with E-state index in [0.717, 1.165) is 23.5 Å². The summed E-state index contributed by atoms with van der Waals surface area (Å²) >= 11 is 0. The molecular formula is C17H18N2O. The third kappa shape index (κ3) is 2.52. The molecule has 1 amide bonds. The third-order valence-electron chi connectivity index (χ3n) is 3.66. The lowest BCUT2D eigenvalue weighted by atomic mass is 10.1. The number of hydrogen-bond donors (Lipinski definition) is 1. The van der Waals surface area contributed by atoms with Crippen molar-refractivity contribution >= 4 is 17.3 Å². The summed E-state index contributed by atoms with van der Waals surface area (Å²) < 4.78 is 0. The molecule has 0 aliphatic carbocycles. The lowest BCUT2D eigenvalue weighted by Gasteiger charge is -2.27. The second kappa shape index (κ2) is 5.37. The molecule has 0 saturated carbocycles. The number of anilines is 2. The SMILES string of the molecule is Cc1ccc(N2CCNc3ccccc3CC2=O)cc1. The van der Waals surface area contributed by atoms with Gasteiger partial charge in [0.15, 0.2) is 0 Å². The molecule has 0 bridgehead atoms. The first kappa shape index (κ1) is 12.7. The maximum absolute atomic E-state index is 12.5. The average molecular weight is 266 g/mol. The number of fused-ring (bicyclic) bond motifs is 1. The van der Waals surface area contributed by atoms with Gasteiger partial charge in [0.05, 0.1) is 6.42 Å². The van der Waals surface area contributed by atoms with Gasteiger partial charge in [-0.3, -0.25) is 4.79 Å². The van der Waals surface area contributed by atoms with Crippen LogP contribution in [0.15, 0.2) is 48.5 Å². The highest BCUT2D eigenvalue weighted by Crippen LogP contribution is 2.22. The van der Waals surface area contributed by atoms with Crippen LogP contribution in [0.25, 0.3) is 0 Å². The van der Waals surface area contributed by atoms with E-state index in [0.29, 0.717) is 13.0 Å². The van der Waals surface area contributed by atoms with Gasteiger partial charge in [0.25, 0.3) is 0 Å². The second-order valence-electron chi connectivity index (χ2n) is 5.14. The van der Waals surface area contributed by atoms with Crippen molar-refractivity contribution < 1.29 is 4.79 Å². The van der Waals surface area contributed by atoms with Crippen LogP contribution in [0.2, 0.25) is 0 Å². The zero-order valence-corrected chi connectivity index (χ0v) is 11.6. The first-order chi connectivity index (χ1) is 9.74. The highest BCUT2D eigenvalue weighted by Gasteiger charge is 2.19. The number of amides is 1. The van der Waals surface area contributed by atoms with E-state index in [1.165, 1.54) is 5.56 Å². The molecule has 3 heteroatoms. The van der Waals surface area contributed by atoms with Gasteiger partial charge in [-0.25, -0.2) is 0 Å². The van der Waals surface area contributed by atoms with Crippen LogP contribution < -0.4 is 10.2 Å². The lowest BCUT2D eigenvalue weighted by molar-refractivity contribution is -0.118. The molecule has 0 unspecified atom stereocenters. The van der Waals surface area contributed by atoms with Crippen molar-refractivity contribution in [3.8, 4) is 0 Å². The fourth-order valence-electron chi connectivity index (χ4n) is 2.53. The van der Waals surface area contributed by atoms with Crippen molar-refractivity contribution in [3.05, 3.63) is 59.7 Å². The maximum Gasteiger partial charge on any atom is 0.231 e. The van der Waals surface area contributed by atoms with E-state index in [-0.39, 0.29) is 5.91 Å². The number of aryl methyl sites for hydroxylation is 1. The summed E-state index contributed by atoms with van der Waals surface area (Å²) in [6.07, 6.45) is 0.442. The van der Waals surface area contributed by atoms with Crippen LogP contribution in [0.3, 0.4) is 0 Å². The Balaban J connectivity index is 1.88. The Labute approximate surface area is 119 Å². The van der Waals surface area contributed by atoms with Crippen LogP contribution in [-0.4, -0.2) is 19.0 Å². The maximum atomic E-state index is 12.5. The van der Waals surface area contributed by atoms with Crippen molar-refractivity contribution in [3.63, 3.8) is 0 Å². The molecule has 20 heavy (non-hydrogen) atoms. The molecule has 1 aliphatic heterocycles. The minimum Gasteiger partial charge on any atom is -0.383 e. The van der Waals surface area contributed by atoms with Crippen molar-refractivity contribution in [1.29, 1.82) is 0 Å². The number of para-hydroxylation sites is 1. The predicted octanol–water partition coefficient (Wildman–Crippen LogP) is 3.00. The zero-order valence-electron chi connectivity index (χ0n) is 11.6.